The second-order valence-corrected chi connectivity index (χ2v) is 8.36. The molecule has 0 spiro atoms. The van der Waals surface area contributed by atoms with E-state index in [9.17, 15) is 12.8 Å². The predicted octanol–water partition coefficient (Wildman–Crippen LogP) is 3.19. The van der Waals surface area contributed by atoms with Gasteiger partial charge in [0.15, 0.2) is 0 Å². The van der Waals surface area contributed by atoms with Crippen molar-refractivity contribution < 1.29 is 17.5 Å². The van der Waals surface area contributed by atoms with E-state index in [0.717, 1.165) is 17.7 Å². The van der Waals surface area contributed by atoms with Gasteiger partial charge in [-0.05, 0) is 41.8 Å². The minimum Gasteiger partial charge on any atom is -0.381 e. The number of benzene rings is 1. The van der Waals surface area contributed by atoms with Crippen molar-refractivity contribution in [3.8, 4) is 0 Å². The van der Waals surface area contributed by atoms with Crippen LogP contribution in [0.4, 0.5) is 10.2 Å². The Morgan fingerprint density at radius 3 is 2.36 bits per heavy atom. The van der Waals surface area contributed by atoms with Crippen LogP contribution in [0.25, 0.3) is 0 Å². The maximum absolute atomic E-state index is 13.2. The zero-order chi connectivity index (χ0) is 18.0. The number of aromatic nitrogens is 1. The van der Waals surface area contributed by atoms with E-state index in [-0.39, 0.29) is 17.4 Å². The fraction of sp³-hybridized carbons (Fsp3) is 0.389. The average Bonchev–Trinajstić information content (AvgIpc) is 2.54. The molecule has 1 aromatic heterocycles. The van der Waals surface area contributed by atoms with Crippen LogP contribution in [-0.4, -0.2) is 33.2 Å². The molecule has 5 nitrogen and oxygen atoms in total. The molecule has 0 N–H and O–H groups in total. The van der Waals surface area contributed by atoms with E-state index >= 15 is 0 Å². The van der Waals surface area contributed by atoms with Crippen LogP contribution in [0.3, 0.4) is 0 Å². The smallest absolute Gasteiger partial charge is 0.265 e. The third-order valence-corrected chi connectivity index (χ3v) is 6.01. The highest BCUT2D eigenvalue weighted by atomic mass is 32.2. The Hall–Kier alpha value is -1.99. The van der Waals surface area contributed by atoms with Gasteiger partial charge in [0.1, 0.15) is 11.6 Å². The highest BCUT2D eigenvalue weighted by molar-refractivity contribution is 7.92. The van der Waals surface area contributed by atoms with E-state index in [0.29, 0.717) is 24.9 Å². The van der Waals surface area contributed by atoms with Crippen LogP contribution >= 0.6 is 0 Å². The maximum Gasteiger partial charge on any atom is 0.265 e. The summed E-state index contributed by atoms with van der Waals surface area (Å²) < 4.78 is 45.7. The van der Waals surface area contributed by atoms with Crippen LogP contribution in [0.15, 0.2) is 47.5 Å². The molecule has 0 saturated carbocycles. The summed E-state index contributed by atoms with van der Waals surface area (Å²) >= 11 is 0. The van der Waals surface area contributed by atoms with Gasteiger partial charge in [-0.15, -0.1) is 0 Å². The van der Waals surface area contributed by atoms with E-state index in [1.54, 1.807) is 12.3 Å². The third kappa shape index (κ3) is 3.82. The molecule has 1 aliphatic rings. The Labute approximate surface area is 147 Å². The Morgan fingerprint density at radius 1 is 1.20 bits per heavy atom. The van der Waals surface area contributed by atoms with E-state index in [1.165, 1.54) is 16.4 Å². The van der Waals surface area contributed by atoms with Gasteiger partial charge in [-0.25, -0.2) is 22.1 Å². The standard InChI is InChI=1S/C18H21FN2O3S/c1-13(2)15-3-8-18(20-9-15)21(10-14-11-24-12-14)25(22,23)17-6-4-16(19)5-7-17/h3-9,13-14H,10-12H2,1-2H3. The number of anilines is 1. The molecule has 1 aliphatic heterocycles. The van der Waals surface area contributed by atoms with Crippen LogP contribution in [0.5, 0.6) is 0 Å². The van der Waals surface area contributed by atoms with Crippen LogP contribution in [0.1, 0.15) is 25.3 Å². The second-order valence-electron chi connectivity index (χ2n) is 6.50. The molecule has 0 aliphatic carbocycles. The van der Waals surface area contributed by atoms with Crippen LogP contribution in [0.2, 0.25) is 0 Å². The highest BCUT2D eigenvalue weighted by Gasteiger charge is 2.31. The molecule has 1 aromatic carbocycles. The van der Waals surface area contributed by atoms with Gasteiger partial charge >= 0.3 is 0 Å². The summed E-state index contributed by atoms with van der Waals surface area (Å²) in [6, 6.07) is 8.45. The van der Waals surface area contributed by atoms with Crippen molar-refractivity contribution in [1.29, 1.82) is 0 Å². The van der Waals surface area contributed by atoms with Crippen molar-refractivity contribution in [2.24, 2.45) is 5.92 Å². The molecule has 0 atom stereocenters. The van der Waals surface area contributed by atoms with Crippen molar-refractivity contribution in [1.82, 2.24) is 4.98 Å². The van der Waals surface area contributed by atoms with Gasteiger partial charge in [0, 0.05) is 18.7 Å². The lowest BCUT2D eigenvalue weighted by molar-refractivity contribution is -0.0263. The van der Waals surface area contributed by atoms with Crippen molar-refractivity contribution in [3.63, 3.8) is 0 Å². The molecule has 1 fully saturated rings. The normalized spacial score (nSPS) is 15.2. The molecule has 0 amide bonds. The van der Waals surface area contributed by atoms with Gasteiger partial charge in [0.25, 0.3) is 10.0 Å². The summed E-state index contributed by atoms with van der Waals surface area (Å²) in [5.41, 5.74) is 1.04. The van der Waals surface area contributed by atoms with Crippen molar-refractivity contribution in [2.75, 3.05) is 24.1 Å². The Kier molecular flexibility index (Phi) is 5.06. The summed E-state index contributed by atoms with van der Waals surface area (Å²) in [5.74, 6) is 0.323. The minimum atomic E-state index is -3.83. The highest BCUT2D eigenvalue weighted by Crippen LogP contribution is 2.26. The van der Waals surface area contributed by atoms with Gasteiger partial charge in [-0.3, -0.25) is 0 Å². The van der Waals surface area contributed by atoms with Crippen molar-refractivity contribution in [3.05, 3.63) is 54.0 Å². The van der Waals surface area contributed by atoms with E-state index in [4.69, 9.17) is 4.74 Å². The lowest BCUT2D eigenvalue weighted by Gasteiger charge is -2.32. The summed E-state index contributed by atoms with van der Waals surface area (Å²) in [4.78, 5) is 4.40. The third-order valence-electron chi connectivity index (χ3n) is 4.23. The molecule has 7 heteroatoms. The molecular weight excluding hydrogens is 343 g/mol. The number of pyridine rings is 1. The van der Waals surface area contributed by atoms with Crippen molar-refractivity contribution in [2.45, 2.75) is 24.7 Å². The predicted molar refractivity (Wildman–Crippen MR) is 93.6 cm³/mol. The lowest BCUT2D eigenvalue weighted by atomic mass is 10.1. The summed E-state index contributed by atoms with van der Waals surface area (Å²) in [7, 11) is -3.83. The zero-order valence-corrected chi connectivity index (χ0v) is 15.0. The van der Waals surface area contributed by atoms with Crippen LogP contribution in [-0.2, 0) is 14.8 Å². The van der Waals surface area contributed by atoms with E-state index in [2.05, 4.69) is 18.8 Å². The number of hydrogen-bond acceptors (Lipinski definition) is 4. The summed E-state index contributed by atoms with van der Waals surface area (Å²) in [6.07, 6.45) is 1.70. The van der Waals surface area contributed by atoms with Gasteiger partial charge in [0.05, 0.1) is 18.1 Å². The Balaban J connectivity index is 1.97. The van der Waals surface area contributed by atoms with Gasteiger partial charge in [-0.1, -0.05) is 19.9 Å². The first-order valence-electron chi connectivity index (χ1n) is 8.20. The topological polar surface area (TPSA) is 59.5 Å². The molecule has 25 heavy (non-hydrogen) atoms. The molecule has 0 unspecified atom stereocenters. The minimum absolute atomic E-state index is 0.0453. The Morgan fingerprint density at radius 2 is 1.88 bits per heavy atom. The largest absolute Gasteiger partial charge is 0.381 e. The first kappa shape index (κ1) is 17.8. The van der Waals surface area contributed by atoms with Gasteiger partial charge in [-0.2, -0.15) is 0 Å². The first-order chi connectivity index (χ1) is 11.9. The summed E-state index contributed by atoms with van der Waals surface area (Å²) in [5, 5.41) is 0. The van der Waals surface area contributed by atoms with Gasteiger partial charge < -0.3 is 4.74 Å². The van der Waals surface area contributed by atoms with Crippen molar-refractivity contribution >= 4 is 15.8 Å². The molecule has 0 radical (unpaired) electrons. The van der Waals surface area contributed by atoms with Crippen LogP contribution in [0, 0.1) is 11.7 Å². The van der Waals surface area contributed by atoms with E-state index in [1.807, 2.05) is 6.07 Å². The molecule has 2 aromatic rings. The number of ether oxygens (including phenoxy) is 1. The fourth-order valence-corrected chi connectivity index (χ4v) is 4.06. The number of halogens is 1. The fourth-order valence-electron chi connectivity index (χ4n) is 2.56. The number of rotatable bonds is 6. The molecule has 1 saturated heterocycles. The Bertz CT molecular complexity index is 816. The molecule has 3 rings (SSSR count). The lowest BCUT2D eigenvalue weighted by Crippen LogP contribution is -2.42. The number of nitrogens with zero attached hydrogens (tertiary/aromatic N) is 2. The summed E-state index contributed by atoms with van der Waals surface area (Å²) in [6.45, 7) is 5.44. The molecular formula is C18H21FN2O3S. The van der Waals surface area contributed by atoms with Gasteiger partial charge in [0.2, 0.25) is 0 Å². The maximum atomic E-state index is 13.2. The average molecular weight is 364 g/mol. The molecule has 0 bridgehead atoms. The quantitative estimate of drug-likeness (QED) is 0.790. The second kappa shape index (κ2) is 7.09. The molecule has 134 valence electrons. The van der Waals surface area contributed by atoms with E-state index < -0.39 is 15.8 Å². The first-order valence-corrected chi connectivity index (χ1v) is 9.64. The number of hydrogen-bond donors (Lipinski definition) is 0. The monoisotopic (exact) mass is 364 g/mol. The SMILES string of the molecule is CC(C)c1ccc(N(CC2COC2)S(=O)(=O)c2ccc(F)cc2)nc1. The molecule has 2 heterocycles. The van der Waals surface area contributed by atoms with Crippen LogP contribution < -0.4 is 4.31 Å². The number of sulfonamides is 1. The zero-order valence-electron chi connectivity index (χ0n) is 14.2.